The fraction of sp³-hybridized carbons (Fsp3) is 0.480. The van der Waals surface area contributed by atoms with Crippen LogP contribution in [0.2, 0.25) is 0 Å². The number of fused-ring (bicyclic) bond motifs is 1. The molecule has 1 N–H and O–H groups in total. The van der Waals surface area contributed by atoms with Crippen LogP contribution in [-0.4, -0.2) is 44.0 Å². The van der Waals surface area contributed by atoms with Crippen molar-refractivity contribution in [2.24, 2.45) is 0 Å². The van der Waals surface area contributed by atoms with Gasteiger partial charge in [-0.05, 0) is 75.0 Å². The molecule has 1 amide bonds. The molecule has 154 valence electrons. The van der Waals surface area contributed by atoms with Crippen LogP contribution in [0.1, 0.15) is 58.8 Å². The number of likely N-dealkylation sites (tertiary alicyclic amines) is 1. The Morgan fingerprint density at radius 2 is 1.86 bits per heavy atom. The molecule has 0 radical (unpaired) electrons. The minimum absolute atomic E-state index is 0.0217. The first-order chi connectivity index (χ1) is 14.1. The van der Waals surface area contributed by atoms with Gasteiger partial charge in [0.15, 0.2) is 0 Å². The lowest BCUT2D eigenvalue weighted by atomic mass is 9.95. The maximum Gasteiger partial charge on any atom is 0.251 e. The second-order valence-corrected chi connectivity index (χ2v) is 8.61. The van der Waals surface area contributed by atoms with Gasteiger partial charge in [0.05, 0.1) is 6.04 Å². The number of aryl methyl sites for hydroxylation is 2. The van der Waals surface area contributed by atoms with Gasteiger partial charge < -0.3 is 10.2 Å². The summed E-state index contributed by atoms with van der Waals surface area (Å²) >= 11 is 0. The molecule has 4 rings (SSSR count). The van der Waals surface area contributed by atoms with Crippen molar-refractivity contribution >= 4 is 11.6 Å². The molecule has 1 atom stereocenters. The van der Waals surface area contributed by atoms with Crippen LogP contribution in [0.15, 0.2) is 42.5 Å². The molecule has 1 saturated heterocycles. The Morgan fingerprint density at radius 1 is 1.03 bits per heavy atom. The van der Waals surface area contributed by atoms with Crippen LogP contribution in [0.25, 0.3) is 0 Å². The van der Waals surface area contributed by atoms with Gasteiger partial charge in [0.2, 0.25) is 0 Å². The molecule has 0 spiro atoms. The molecule has 2 aliphatic rings. The van der Waals surface area contributed by atoms with Crippen LogP contribution in [0, 0.1) is 6.92 Å². The number of benzene rings is 2. The van der Waals surface area contributed by atoms with Gasteiger partial charge in [-0.25, -0.2) is 0 Å². The third kappa shape index (κ3) is 4.64. The summed E-state index contributed by atoms with van der Waals surface area (Å²) in [6.45, 7) is 6.04. The highest BCUT2D eigenvalue weighted by molar-refractivity contribution is 5.94. The van der Waals surface area contributed by atoms with E-state index in [2.05, 4.69) is 40.4 Å². The topological polar surface area (TPSA) is 35.6 Å². The Morgan fingerprint density at radius 3 is 2.66 bits per heavy atom. The van der Waals surface area contributed by atoms with Crippen molar-refractivity contribution in [2.45, 2.75) is 45.1 Å². The van der Waals surface area contributed by atoms with Crippen molar-refractivity contribution < 1.29 is 4.79 Å². The zero-order chi connectivity index (χ0) is 20.2. The molecule has 4 nitrogen and oxygen atoms in total. The van der Waals surface area contributed by atoms with E-state index in [0.717, 1.165) is 37.2 Å². The second kappa shape index (κ2) is 9.00. The third-order valence-corrected chi connectivity index (χ3v) is 6.41. The van der Waals surface area contributed by atoms with E-state index in [-0.39, 0.29) is 11.9 Å². The van der Waals surface area contributed by atoms with Gasteiger partial charge in [0.1, 0.15) is 0 Å². The lowest BCUT2D eigenvalue weighted by Gasteiger charge is -2.36. The van der Waals surface area contributed by atoms with Crippen LogP contribution in [0.5, 0.6) is 0 Å². The highest BCUT2D eigenvalue weighted by Gasteiger charge is 2.25. The number of nitrogens with zero attached hydrogens (tertiary/aromatic N) is 2. The van der Waals surface area contributed by atoms with Crippen molar-refractivity contribution in [3.8, 4) is 0 Å². The van der Waals surface area contributed by atoms with Gasteiger partial charge in [0.25, 0.3) is 5.91 Å². The SMILES string of the molecule is Cc1cccc(C(=O)NCC(c2ccc3c(c2)CCCN3C)N2CCCCC2)c1. The van der Waals surface area contributed by atoms with Crippen molar-refractivity contribution in [1.29, 1.82) is 0 Å². The van der Waals surface area contributed by atoms with Crippen molar-refractivity contribution in [3.05, 3.63) is 64.7 Å². The summed E-state index contributed by atoms with van der Waals surface area (Å²) in [5.41, 5.74) is 6.01. The third-order valence-electron chi connectivity index (χ3n) is 6.41. The Hall–Kier alpha value is -2.33. The van der Waals surface area contributed by atoms with Crippen LogP contribution in [0.3, 0.4) is 0 Å². The normalized spacial score (nSPS) is 18.2. The number of amides is 1. The van der Waals surface area contributed by atoms with Gasteiger partial charge in [-0.15, -0.1) is 0 Å². The zero-order valence-corrected chi connectivity index (χ0v) is 17.8. The first-order valence-corrected chi connectivity index (χ1v) is 11.0. The summed E-state index contributed by atoms with van der Waals surface area (Å²) in [4.78, 5) is 17.7. The molecule has 4 heteroatoms. The lowest BCUT2D eigenvalue weighted by molar-refractivity contribution is 0.0924. The maximum absolute atomic E-state index is 12.8. The van der Waals surface area contributed by atoms with E-state index < -0.39 is 0 Å². The van der Waals surface area contributed by atoms with Crippen molar-refractivity contribution in [3.63, 3.8) is 0 Å². The summed E-state index contributed by atoms with van der Waals surface area (Å²) in [5, 5.41) is 3.22. The van der Waals surface area contributed by atoms with Crippen molar-refractivity contribution in [2.75, 3.05) is 38.1 Å². The van der Waals surface area contributed by atoms with Crippen LogP contribution in [-0.2, 0) is 6.42 Å². The average Bonchev–Trinajstić information content (AvgIpc) is 2.74. The fourth-order valence-electron chi connectivity index (χ4n) is 4.78. The fourth-order valence-corrected chi connectivity index (χ4v) is 4.78. The van der Waals surface area contributed by atoms with E-state index in [1.165, 1.54) is 42.5 Å². The Labute approximate surface area is 174 Å². The molecule has 1 fully saturated rings. The molecule has 2 heterocycles. The van der Waals surface area contributed by atoms with Gasteiger partial charge in [0, 0.05) is 31.4 Å². The average molecular weight is 392 g/mol. The molecular formula is C25H33N3O. The lowest BCUT2D eigenvalue weighted by Crippen LogP contribution is -2.40. The number of piperidine rings is 1. The molecule has 2 aromatic carbocycles. The summed E-state index contributed by atoms with van der Waals surface area (Å²) in [7, 11) is 2.18. The highest BCUT2D eigenvalue weighted by atomic mass is 16.1. The van der Waals surface area contributed by atoms with Crippen LogP contribution in [0.4, 0.5) is 5.69 Å². The molecule has 0 aliphatic carbocycles. The predicted molar refractivity (Wildman–Crippen MR) is 120 cm³/mol. The number of rotatable bonds is 5. The second-order valence-electron chi connectivity index (χ2n) is 8.61. The predicted octanol–water partition coefficient (Wildman–Crippen LogP) is 4.33. The van der Waals surface area contributed by atoms with Gasteiger partial charge in [-0.1, -0.05) is 36.2 Å². The molecule has 2 aromatic rings. The van der Waals surface area contributed by atoms with Gasteiger partial charge in [-0.2, -0.15) is 0 Å². The Bertz CT molecular complexity index is 857. The Kier molecular flexibility index (Phi) is 6.19. The standard InChI is InChI=1S/C25H33N3O/c1-19-8-6-9-22(16-19)25(29)26-18-24(28-14-4-3-5-15-28)21-11-12-23-20(17-21)10-7-13-27(23)2/h6,8-9,11-12,16-17,24H,3-5,7,10,13-15,18H2,1-2H3,(H,26,29). The molecule has 0 bridgehead atoms. The Balaban J connectivity index is 1.54. The van der Waals surface area contributed by atoms with Crippen LogP contribution >= 0.6 is 0 Å². The minimum Gasteiger partial charge on any atom is -0.374 e. The summed E-state index contributed by atoms with van der Waals surface area (Å²) in [5.74, 6) is 0.0217. The summed E-state index contributed by atoms with van der Waals surface area (Å²) in [6.07, 6.45) is 6.17. The summed E-state index contributed by atoms with van der Waals surface area (Å²) < 4.78 is 0. The van der Waals surface area contributed by atoms with E-state index in [0.29, 0.717) is 6.54 Å². The largest absolute Gasteiger partial charge is 0.374 e. The molecule has 2 aliphatic heterocycles. The molecule has 1 unspecified atom stereocenters. The van der Waals surface area contributed by atoms with E-state index in [1.807, 2.05) is 31.2 Å². The first-order valence-electron chi connectivity index (χ1n) is 11.0. The smallest absolute Gasteiger partial charge is 0.251 e. The van der Waals surface area contributed by atoms with E-state index in [1.54, 1.807) is 0 Å². The quantitative estimate of drug-likeness (QED) is 0.824. The number of carbonyl (C=O) groups excluding carboxylic acids is 1. The van der Waals surface area contributed by atoms with Crippen molar-refractivity contribution in [1.82, 2.24) is 10.2 Å². The van der Waals surface area contributed by atoms with Gasteiger partial charge in [-0.3, -0.25) is 9.69 Å². The zero-order valence-electron chi connectivity index (χ0n) is 17.8. The number of hydrogen-bond donors (Lipinski definition) is 1. The monoisotopic (exact) mass is 391 g/mol. The molecule has 29 heavy (non-hydrogen) atoms. The molecule has 0 aromatic heterocycles. The molecular weight excluding hydrogens is 358 g/mol. The number of hydrogen-bond acceptors (Lipinski definition) is 3. The first kappa shape index (κ1) is 20.0. The van der Waals surface area contributed by atoms with E-state index >= 15 is 0 Å². The summed E-state index contributed by atoms with van der Waals surface area (Å²) in [6, 6.07) is 15.0. The van der Waals surface area contributed by atoms with E-state index in [9.17, 15) is 4.79 Å². The van der Waals surface area contributed by atoms with E-state index in [4.69, 9.17) is 0 Å². The highest BCUT2D eigenvalue weighted by Crippen LogP contribution is 2.31. The number of carbonyl (C=O) groups is 1. The minimum atomic E-state index is 0.0217. The maximum atomic E-state index is 12.8. The van der Waals surface area contributed by atoms with Gasteiger partial charge >= 0.3 is 0 Å². The van der Waals surface area contributed by atoms with Crippen LogP contribution < -0.4 is 10.2 Å². The number of anilines is 1. The molecule has 0 saturated carbocycles. The number of nitrogens with one attached hydrogen (secondary N) is 1.